The summed E-state index contributed by atoms with van der Waals surface area (Å²) in [6, 6.07) is 3.68. The third-order valence-electron chi connectivity index (χ3n) is 1.91. The molecular formula is C10H13FN2O2. The molecule has 0 radical (unpaired) electrons. The van der Waals surface area contributed by atoms with Gasteiger partial charge in [-0.1, -0.05) is 0 Å². The van der Waals surface area contributed by atoms with Gasteiger partial charge in [0.2, 0.25) is 5.91 Å². The minimum atomic E-state index is -0.464. The number of hydrogen-bond donors (Lipinski definition) is 2. The Balaban J connectivity index is 2.71. The standard InChI is InChI=1S/C10H13FN2O2/c1-13(6-10(12)15)5-7-4-8(11)2-3-9(7)14/h2-4,14H,5-6H2,1H3,(H2,12,15). The monoisotopic (exact) mass is 212 g/mol. The molecule has 0 saturated heterocycles. The molecule has 0 saturated carbocycles. The number of carbonyl (C=O) groups excluding carboxylic acids is 1. The van der Waals surface area contributed by atoms with Crippen molar-refractivity contribution in [1.29, 1.82) is 0 Å². The molecule has 0 unspecified atom stereocenters. The van der Waals surface area contributed by atoms with E-state index in [-0.39, 0.29) is 18.8 Å². The number of primary amides is 1. The first-order chi connectivity index (χ1) is 6.99. The average Bonchev–Trinajstić information content (AvgIpc) is 2.10. The molecule has 1 aromatic carbocycles. The van der Waals surface area contributed by atoms with Gasteiger partial charge in [0, 0.05) is 12.1 Å². The van der Waals surface area contributed by atoms with Gasteiger partial charge in [-0.25, -0.2) is 4.39 Å². The predicted molar refractivity (Wildman–Crippen MR) is 53.6 cm³/mol. The van der Waals surface area contributed by atoms with Crippen molar-refractivity contribution < 1.29 is 14.3 Å². The van der Waals surface area contributed by atoms with Gasteiger partial charge in [-0.15, -0.1) is 0 Å². The molecule has 5 heteroatoms. The second-order valence-electron chi connectivity index (χ2n) is 3.41. The largest absolute Gasteiger partial charge is 0.508 e. The van der Waals surface area contributed by atoms with Crippen molar-refractivity contribution in [3.8, 4) is 5.75 Å². The van der Waals surface area contributed by atoms with Crippen molar-refractivity contribution in [1.82, 2.24) is 4.90 Å². The average molecular weight is 212 g/mol. The van der Waals surface area contributed by atoms with Crippen LogP contribution in [0.5, 0.6) is 5.75 Å². The molecule has 0 aliphatic carbocycles. The quantitative estimate of drug-likeness (QED) is 0.761. The number of hydrogen-bond acceptors (Lipinski definition) is 3. The number of benzene rings is 1. The lowest BCUT2D eigenvalue weighted by atomic mass is 10.2. The first-order valence-electron chi connectivity index (χ1n) is 4.43. The van der Waals surface area contributed by atoms with Crippen molar-refractivity contribution in [3.63, 3.8) is 0 Å². The lowest BCUT2D eigenvalue weighted by Crippen LogP contribution is -2.30. The van der Waals surface area contributed by atoms with Crippen LogP contribution in [0.4, 0.5) is 4.39 Å². The van der Waals surface area contributed by atoms with Crippen molar-refractivity contribution in [2.45, 2.75) is 6.54 Å². The molecule has 0 aliphatic heterocycles. The molecule has 15 heavy (non-hydrogen) atoms. The van der Waals surface area contributed by atoms with E-state index in [1.165, 1.54) is 18.2 Å². The second kappa shape index (κ2) is 4.75. The molecule has 82 valence electrons. The Morgan fingerprint density at radius 3 is 2.87 bits per heavy atom. The Labute approximate surface area is 87.1 Å². The molecule has 0 fully saturated rings. The minimum absolute atomic E-state index is 0.00715. The Hall–Kier alpha value is -1.62. The second-order valence-corrected chi connectivity index (χ2v) is 3.41. The fourth-order valence-corrected chi connectivity index (χ4v) is 1.29. The van der Waals surface area contributed by atoms with Crippen LogP contribution in [0, 0.1) is 5.82 Å². The van der Waals surface area contributed by atoms with Gasteiger partial charge < -0.3 is 10.8 Å². The summed E-state index contributed by atoms with van der Waals surface area (Å²) < 4.78 is 12.8. The summed E-state index contributed by atoms with van der Waals surface area (Å²) in [5.41, 5.74) is 5.43. The highest BCUT2D eigenvalue weighted by Gasteiger charge is 2.08. The topological polar surface area (TPSA) is 66.6 Å². The summed E-state index contributed by atoms with van der Waals surface area (Å²) in [7, 11) is 1.66. The van der Waals surface area contributed by atoms with Crippen LogP contribution < -0.4 is 5.73 Å². The van der Waals surface area contributed by atoms with E-state index in [9.17, 15) is 14.3 Å². The zero-order chi connectivity index (χ0) is 11.4. The number of amides is 1. The molecule has 0 spiro atoms. The fraction of sp³-hybridized carbons (Fsp3) is 0.300. The van der Waals surface area contributed by atoms with Gasteiger partial charge in [0.1, 0.15) is 11.6 Å². The van der Waals surface area contributed by atoms with Crippen molar-refractivity contribution >= 4 is 5.91 Å². The van der Waals surface area contributed by atoms with E-state index < -0.39 is 11.7 Å². The molecule has 1 aromatic rings. The summed E-state index contributed by atoms with van der Waals surface area (Å²) in [6.45, 7) is 0.336. The number of halogens is 1. The first kappa shape index (κ1) is 11.5. The maximum Gasteiger partial charge on any atom is 0.231 e. The van der Waals surface area contributed by atoms with Crippen molar-refractivity contribution in [2.24, 2.45) is 5.73 Å². The molecular weight excluding hydrogens is 199 g/mol. The van der Waals surface area contributed by atoms with E-state index in [0.29, 0.717) is 5.56 Å². The zero-order valence-corrected chi connectivity index (χ0v) is 8.40. The Kier molecular flexibility index (Phi) is 3.62. The van der Waals surface area contributed by atoms with E-state index in [4.69, 9.17) is 5.73 Å². The first-order valence-corrected chi connectivity index (χ1v) is 4.43. The van der Waals surface area contributed by atoms with Crippen LogP contribution in [0.15, 0.2) is 18.2 Å². The highest BCUT2D eigenvalue weighted by molar-refractivity contribution is 5.75. The molecule has 4 nitrogen and oxygen atoms in total. The van der Waals surface area contributed by atoms with E-state index in [1.807, 2.05) is 0 Å². The number of rotatable bonds is 4. The highest BCUT2D eigenvalue weighted by Crippen LogP contribution is 2.18. The van der Waals surface area contributed by atoms with E-state index in [0.717, 1.165) is 0 Å². The molecule has 1 amide bonds. The van der Waals surface area contributed by atoms with Gasteiger partial charge in [-0.2, -0.15) is 0 Å². The lowest BCUT2D eigenvalue weighted by Gasteiger charge is -2.15. The zero-order valence-electron chi connectivity index (χ0n) is 8.40. The predicted octanol–water partition coefficient (Wildman–Crippen LogP) is 0.448. The summed E-state index contributed by atoms with van der Waals surface area (Å²) in [5.74, 6) is -0.878. The number of phenolic OH excluding ortho intramolecular Hbond substituents is 1. The SMILES string of the molecule is CN(CC(N)=O)Cc1cc(F)ccc1O. The summed E-state index contributed by atoms with van der Waals surface area (Å²) in [4.78, 5) is 12.2. The summed E-state index contributed by atoms with van der Waals surface area (Å²) in [5, 5.41) is 9.41. The van der Waals surface area contributed by atoms with Crippen LogP contribution in [0.2, 0.25) is 0 Å². The maximum absolute atomic E-state index is 12.8. The minimum Gasteiger partial charge on any atom is -0.508 e. The van der Waals surface area contributed by atoms with Gasteiger partial charge in [-0.3, -0.25) is 9.69 Å². The van der Waals surface area contributed by atoms with Crippen LogP contribution in [0.3, 0.4) is 0 Å². The fourth-order valence-electron chi connectivity index (χ4n) is 1.29. The number of phenols is 1. The van der Waals surface area contributed by atoms with Crippen LogP contribution in [-0.2, 0) is 11.3 Å². The van der Waals surface area contributed by atoms with Crippen molar-refractivity contribution in [3.05, 3.63) is 29.6 Å². The Morgan fingerprint density at radius 2 is 2.27 bits per heavy atom. The van der Waals surface area contributed by atoms with Gasteiger partial charge in [0.05, 0.1) is 6.54 Å². The van der Waals surface area contributed by atoms with E-state index in [2.05, 4.69) is 0 Å². The van der Waals surface area contributed by atoms with Gasteiger partial charge >= 0.3 is 0 Å². The Morgan fingerprint density at radius 1 is 1.60 bits per heavy atom. The maximum atomic E-state index is 12.8. The summed E-state index contributed by atoms with van der Waals surface area (Å²) >= 11 is 0. The summed E-state index contributed by atoms with van der Waals surface area (Å²) in [6.07, 6.45) is 0. The van der Waals surface area contributed by atoms with Gasteiger partial charge in [0.15, 0.2) is 0 Å². The number of nitrogens with two attached hydrogens (primary N) is 1. The third-order valence-corrected chi connectivity index (χ3v) is 1.91. The molecule has 0 heterocycles. The lowest BCUT2D eigenvalue weighted by molar-refractivity contribution is -0.118. The van der Waals surface area contributed by atoms with Crippen LogP contribution in [0.1, 0.15) is 5.56 Å². The highest BCUT2D eigenvalue weighted by atomic mass is 19.1. The molecule has 1 rings (SSSR count). The number of nitrogens with zero attached hydrogens (tertiary/aromatic N) is 1. The smallest absolute Gasteiger partial charge is 0.231 e. The normalized spacial score (nSPS) is 10.6. The van der Waals surface area contributed by atoms with Crippen LogP contribution >= 0.6 is 0 Å². The number of aromatic hydroxyl groups is 1. The molecule has 0 aromatic heterocycles. The Bertz CT molecular complexity index is 368. The van der Waals surface area contributed by atoms with E-state index >= 15 is 0 Å². The number of carbonyl (C=O) groups is 1. The van der Waals surface area contributed by atoms with Crippen LogP contribution in [-0.4, -0.2) is 29.5 Å². The molecule has 0 atom stereocenters. The van der Waals surface area contributed by atoms with Gasteiger partial charge in [-0.05, 0) is 25.2 Å². The van der Waals surface area contributed by atoms with E-state index in [1.54, 1.807) is 11.9 Å². The third kappa shape index (κ3) is 3.55. The number of likely N-dealkylation sites (N-methyl/N-ethyl adjacent to an activating group) is 1. The van der Waals surface area contributed by atoms with Crippen molar-refractivity contribution in [2.75, 3.05) is 13.6 Å². The van der Waals surface area contributed by atoms with Crippen LogP contribution in [0.25, 0.3) is 0 Å². The molecule has 3 N–H and O–H groups in total. The molecule has 0 bridgehead atoms. The van der Waals surface area contributed by atoms with Gasteiger partial charge in [0.25, 0.3) is 0 Å². The molecule has 0 aliphatic rings.